The summed E-state index contributed by atoms with van der Waals surface area (Å²) in [6, 6.07) is 7.56. The largest absolute Gasteiger partial charge is 0.496 e. The molecule has 0 saturated carbocycles. The van der Waals surface area contributed by atoms with Gasteiger partial charge < -0.3 is 20.1 Å². The molecule has 1 unspecified atom stereocenters. The molecule has 2 aromatic rings. The van der Waals surface area contributed by atoms with Gasteiger partial charge in [0.15, 0.2) is 5.96 Å². The summed E-state index contributed by atoms with van der Waals surface area (Å²) in [6.45, 7) is 3.49. The second kappa shape index (κ2) is 9.82. The fourth-order valence-corrected chi connectivity index (χ4v) is 3.25. The Morgan fingerprint density at radius 1 is 1.27 bits per heavy atom. The Bertz CT molecular complexity index is 744. The van der Waals surface area contributed by atoms with Crippen LogP contribution >= 0.6 is 11.3 Å². The summed E-state index contributed by atoms with van der Waals surface area (Å²) >= 11 is 1.70. The number of guanidine groups is 1. The number of nitrogens with one attached hydrogen (secondary N) is 2. The second-order valence-corrected chi connectivity index (χ2v) is 6.57. The van der Waals surface area contributed by atoms with Crippen LogP contribution in [0.3, 0.4) is 0 Å². The van der Waals surface area contributed by atoms with Crippen molar-refractivity contribution in [3.05, 3.63) is 51.7 Å². The first-order valence-corrected chi connectivity index (χ1v) is 9.25. The maximum atomic E-state index is 11.9. The van der Waals surface area contributed by atoms with Gasteiger partial charge in [0.25, 0.3) is 0 Å². The van der Waals surface area contributed by atoms with Gasteiger partial charge in [-0.3, -0.25) is 4.99 Å². The molecule has 0 aliphatic carbocycles. The van der Waals surface area contributed by atoms with Gasteiger partial charge in [0.2, 0.25) is 0 Å². The topological polar surface area (TPSA) is 72.0 Å². The van der Waals surface area contributed by atoms with Crippen LogP contribution < -0.4 is 15.4 Å². The normalized spacial score (nSPS) is 12.4. The molecule has 0 radical (unpaired) electrons. The van der Waals surface area contributed by atoms with Crippen LogP contribution in [0.4, 0.5) is 0 Å². The van der Waals surface area contributed by atoms with Gasteiger partial charge in [-0.1, -0.05) is 13.0 Å². The monoisotopic (exact) mass is 375 g/mol. The van der Waals surface area contributed by atoms with Crippen LogP contribution in [0.5, 0.6) is 5.75 Å². The summed E-state index contributed by atoms with van der Waals surface area (Å²) < 4.78 is 10.0. The number of carbonyl (C=O) groups excluding carboxylic acids is 1. The van der Waals surface area contributed by atoms with Crippen molar-refractivity contribution in [3.8, 4) is 5.75 Å². The number of esters is 1. The van der Waals surface area contributed by atoms with Gasteiger partial charge >= 0.3 is 5.97 Å². The first-order valence-electron chi connectivity index (χ1n) is 8.30. The number of benzene rings is 1. The van der Waals surface area contributed by atoms with Crippen LogP contribution in [-0.2, 0) is 11.3 Å². The third-order valence-electron chi connectivity index (χ3n) is 4.04. The van der Waals surface area contributed by atoms with Crippen LogP contribution in [0, 0.1) is 0 Å². The minimum atomic E-state index is -0.421. The highest BCUT2D eigenvalue weighted by Crippen LogP contribution is 2.21. The standard InChI is InChI=1S/C19H25N3O3S/c1-13(15-7-8-26-12-15)10-21-19(20-2)22-11-14-5-6-17(24-3)16(9-14)18(23)25-4/h5-9,12-13H,10-11H2,1-4H3,(H2,20,21,22). The zero-order valence-corrected chi connectivity index (χ0v) is 16.4. The number of hydrogen-bond acceptors (Lipinski definition) is 5. The van der Waals surface area contributed by atoms with Gasteiger partial charge in [-0.15, -0.1) is 0 Å². The molecular formula is C19H25N3O3S. The predicted octanol–water partition coefficient (Wildman–Crippen LogP) is 3.01. The van der Waals surface area contributed by atoms with Crippen LogP contribution in [0.2, 0.25) is 0 Å². The lowest BCUT2D eigenvalue weighted by Gasteiger charge is -2.16. The van der Waals surface area contributed by atoms with E-state index in [-0.39, 0.29) is 0 Å². The molecule has 6 nitrogen and oxygen atoms in total. The number of hydrogen-bond donors (Lipinski definition) is 2. The number of carbonyl (C=O) groups is 1. The maximum absolute atomic E-state index is 11.9. The van der Waals surface area contributed by atoms with Crippen molar-refractivity contribution >= 4 is 23.3 Å². The minimum absolute atomic E-state index is 0.395. The molecule has 140 valence electrons. The lowest BCUT2D eigenvalue weighted by Crippen LogP contribution is -2.38. The quantitative estimate of drug-likeness (QED) is 0.442. The molecule has 1 atom stereocenters. The molecular weight excluding hydrogens is 350 g/mol. The van der Waals surface area contributed by atoms with E-state index in [1.54, 1.807) is 30.5 Å². The molecule has 1 heterocycles. The summed E-state index contributed by atoms with van der Waals surface area (Å²) in [5.74, 6) is 1.18. The fourth-order valence-electron chi connectivity index (χ4n) is 2.46. The first-order chi connectivity index (χ1) is 12.6. The average Bonchev–Trinajstić information content (AvgIpc) is 3.22. The highest BCUT2D eigenvalue weighted by Gasteiger charge is 2.13. The van der Waals surface area contributed by atoms with Gasteiger partial charge in [-0.25, -0.2) is 4.79 Å². The van der Waals surface area contributed by atoms with E-state index < -0.39 is 5.97 Å². The van der Waals surface area contributed by atoms with Gasteiger partial charge in [0.05, 0.1) is 14.2 Å². The van der Waals surface area contributed by atoms with Crippen LogP contribution in [0.1, 0.15) is 34.3 Å². The zero-order chi connectivity index (χ0) is 18.9. The molecule has 0 spiro atoms. The van der Waals surface area contributed by atoms with E-state index in [9.17, 15) is 4.79 Å². The van der Waals surface area contributed by atoms with Crippen molar-refractivity contribution in [3.63, 3.8) is 0 Å². The molecule has 2 N–H and O–H groups in total. The predicted molar refractivity (Wildman–Crippen MR) is 105 cm³/mol. The summed E-state index contributed by atoms with van der Waals surface area (Å²) in [5.41, 5.74) is 2.65. The summed E-state index contributed by atoms with van der Waals surface area (Å²) in [7, 11) is 4.62. The number of rotatable bonds is 7. The number of aliphatic imine (C=N–C) groups is 1. The van der Waals surface area contributed by atoms with Gasteiger partial charge in [-0.05, 0) is 46.0 Å². The van der Waals surface area contributed by atoms with Crippen molar-refractivity contribution in [1.82, 2.24) is 10.6 Å². The van der Waals surface area contributed by atoms with E-state index in [1.807, 2.05) is 6.07 Å². The number of thiophene rings is 1. The second-order valence-electron chi connectivity index (χ2n) is 5.79. The van der Waals surface area contributed by atoms with Crippen LogP contribution in [0.15, 0.2) is 40.0 Å². The van der Waals surface area contributed by atoms with Crippen molar-refractivity contribution in [1.29, 1.82) is 0 Å². The molecule has 26 heavy (non-hydrogen) atoms. The molecule has 0 saturated heterocycles. The maximum Gasteiger partial charge on any atom is 0.341 e. The van der Waals surface area contributed by atoms with E-state index in [0.717, 1.165) is 12.1 Å². The molecule has 0 fully saturated rings. The van der Waals surface area contributed by atoms with Gasteiger partial charge in [-0.2, -0.15) is 11.3 Å². The molecule has 0 aliphatic rings. The van der Waals surface area contributed by atoms with E-state index in [0.29, 0.717) is 29.7 Å². The first kappa shape index (κ1) is 19.8. The Labute approximate surface area is 158 Å². The van der Waals surface area contributed by atoms with Crippen molar-refractivity contribution < 1.29 is 14.3 Å². The molecule has 2 rings (SSSR count). The van der Waals surface area contributed by atoms with E-state index in [1.165, 1.54) is 19.8 Å². The van der Waals surface area contributed by atoms with Crippen molar-refractivity contribution in [2.45, 2.75) is 19.4 Å². The fraction of sp³-hybridized carbons (Fsp3) is 0.368. The Hall–Kier alpha value is -2.54. The lowest BCUT2D eigenvalue weighted by atomic mass is 10.1. The van der Waals surface area contributed by atoms with Gasteiger partial charge in [0, 0.05) is 20.1 Å². The van der Waals surface area contributed by atoms with Crippen molar-refractivity contribution in [2.24, 2.45) is 4.99 Å². The third-order valence-corrected chi connectivity index (χ3v) is 4.74. The molecule has 1 aromatic heterocycles. The highest BCUT2D eigenvalue weighted by molar-refractivity contribution is 7.07. The Morgan fingerprint density at radius 3 is 2.69 bits per heavy atom. The average molecular weight is 375 g/mol. The number of methoxy groups -OCH3 is 2. The summed E-state index contributed by atoms with van der Waals surface area (Å²) in [4.78, 5) is 16.1. The van der Waals surface area contributed by atoms with Gasteiger partial charge in [0.1, 0.15) is 11.3 Å². The van der Waals surface area contributed by atoms with Crippen LogP contribution in [0.25, 0.3) is 0 Å². The molecule has 0 bridgehead atoms. The number of ether oxygens (including phenoxy) is 2. The lowest BCUT2D eigenvalue weighted by molar-refractivity contribution is 0.0597. The zero-order valence-electron chi connectivity index (χ0n) is 15.5. The van der Waals surface area contributed by atoms with E-state index in [2.05, 4.69) is 39.4 Å². The number of nitrogens with zero attached hydrogens (tertiary/aromatic N) is 1. The highest BCUT2D eigenvalue weighted by atomic mass is 32.1. The third kappa shape index (κ3) is 5.23. The molecule has 0 amide bonds. The Morgan fingerprint density at radius 2 is 2.08 bits per heavy atom. The van der Waals surface area contributed by atoms with E-state index in [4.69, 9.17) is 9.47 Å². The SMILES string of the molecule is CN=C(NCc1ccc(OC)c(C(=O)OC)c1)NCC(C)c1ccsc1. The van der Waals surface area contributed by atoms with Crippen LogP contribution in [-0.4, -0.2) is 39.7 Å². The molecule has 1 aromatic carbocycles. The van der Waals surface area contributed by atoms with E-state index >= 15 is 0 Å². The smallest absolute Gasteiger partial charge is 0.341 e. The minimum Gasteiger partial charge on any atom is -0.496 e. The Kier molecular flexibility index (Phi) is 7.47. The van der Waals surface area contributed by atoms with Crippen molar-refractivity contribution in [2.75, 3.05) is 27.8 Å². The molecule has 7 heteroatoms. The summed E-state index contributed by atoms with van der Waals surface area (Å²) in [5, 5.41) is 10.8. The molecule has 0 aliphatic heterocycles. The Balaban J connectivity index is 1.94. The summed E-state index contributed by atoms with van der Waals surface area (Å²) in [6.07, 6.45) is 0.